The number of fused-ring (bicyclic) bond motifs is 4. The number of aromatic amines is 1. The third kappa shape index (κ3) is 3.23. The zero-order valence-electron chi connectivity index (χ0n) is 16.6. The predicted octanol–water partition coefficient (Wildman–Crippen LogP) is 2.55. The summed E-state index contributed by atoms with van der Waals surface area (Å²) in [6.07, 6.45) is 1.86. The minimum absolute atomic E-state index is 0.0158. The van der Waals surface area contributed by atoms with Gasteiger partial charge in [0.05, 0.1) is 6.61 Å². The molecule has 0 bridgehead atoms. The van der Waals surface area contributed by atoms with Crippen LogP contribution in [0, 0.1) is 0 Å². The van der Waals surface area contributed by atoms with Gasteiger partial charge >= 0.3 is 0 Å². The van der Waals surface area contributed by atoms with Crippen molar-refractivity contribution in [2.75, 3.05) is 25.5 Å². The van der Waals surface area contributed by atoms with E-state index in [0.29, 0.717) is 5.56 Å². The SMILES string of the molecule is CN1CCc2[nH]c3ccc(C(=O)Nc4ccc(CO)c5c4CCNC5)cc3c2C1. The highest BCUT2D eigenvalue weighted by molar-refractivity contribution is 6.07. The first-order chi connectivity index (χ1) is 14.1. The van der Waals surface area contributed by atoms with Gasteiger partial charge in [-0.25, -0.2) is 0 Å². The van der Waals surface area contributed by atoms with Crippen LogP contribution in [0.5, 0.6) is 0 Å². The lowest BCUT2D eigenvalue weighted by Gasteiger charge is -2.23. The van der Waals surface area contributed by atoms with E-state index >= 15 is 0 Å². The van der Waals surface area contributed by atoms with Gasteiger partial charge in [-0.3, -0.25) is 4.79 Å². The molecule has 0 aliphatic carbocycles. The maximum atomic E-state index is 13.1. The Balaban J connectivity index is 1.47. The van der Waals surface area contributed by atoms with Crippen LogP contribution in [-0.4, -0.2) is 41.0 Å². The van der Waals surface area contributed by atoms with Gasteiger partial charge in [-0.2, -0.15) is 0 Å². The first-order valence-electron chi connectivity index (χ1n) is 10.2. The number of benzene rings is 2. The van der Waals surface area contributed by atoms with Crippen LogP contribution in [0.25, 0.3) is 10.9 Å². The molecule has 3 heterocycles. The van der Waals surface area contributed by atoms with Gasteiger partial charge in [-0.05, 0) is 66.5 Å². The summed E-state index contributed by atoms with van der Waals surface area (Å²) in [6, 6.07) is 9.73. The summed E-state index contributed by atoms with van der Waals surface area (Å²) < 4.78 is 0. The van der Waals surface area contributed by atoms with Gasteiger partial charge < -0.3 is 25.6 Å². The molecule has 5 rings (SSSR count). The third-order valence-electron chi connectivity index (χ3n) is 6.23. The zero-order valence-corrected chi connectivity index (χ0v) is 16.6. The Labute approximate surface area is 169 Å². The molecular weight excluding hydrogens is 364 g/mol. The van der Waals surface area contributed by atoms with Gasteiger partial charge in [-0.1, -0.05) is 6.07 Å². The third-order valence-corrected chi connectivity index (χ3v) is 6.23. The van der Waals surface area contributed by atoms with Crippen molar-refractivity contribution in [3.63, 3.8) is 0 Å². The molecule has 0 atom stereocenters. The Morgan fingerprint density at radius 3 is 2.93 bits per heavy atom. The Morgan fingerprint density at radius 1 is 1.17 bits per heavy atom. The van der Waals surface area contributed by atoms with Crippen LogP contribution in [0.2, 0.25) is 0 Å². The van der Waals surface area contributed by atoms with E-state index in [4.69, 9.17) is 0 Å². The molecule has 2 aromatic carbocycles. The molecule has 0 fully saturated rings. The molecular formula is C23H26N4O2. The number of anilines is 1. The van der Waals surface area contributed by atoms with Crippen molar-refractivity contribution in [1.82, 2.24) is 15.2 Å². The van der Waals surface area contributed by atoms with Crippen LogP contribution < -0.4 is 10.6 Å². The minimum atomic E-state index is -0.0940. The van der Waals surface area contributed by atoms with E-state index in [1.165, 1.54) is 11.3 Å². The highest BCUT2D eigenvalue weighted by Gasteiger charge is 2.21. The van der Waals surface area contributed by atoms with Crippen LogP contribution in [0.4, 0.5) is 5.69 Å². The summed E-state index contributed by atoms with van der Waals surface area (Å²) in [6.45, 7) is 3.58. The largest absolute Gasteiger partial charge is 0.392 e. The van der Waals surface area contributed by atoms with E-state index in [1.807, 2.05) is 30.3 Å². The number of aromatic nitrogens is 1. The lowest BCUT2D eigenvalue weighted by atomic mass is 9.94. The Hall–Kier alpha value is -2.67. The molecule has 0 saturated carbocycles. The number of rotatable bonds is 3. The fraction of sp³-hybridized carbons (Fsp3) is 0.348. The number of aliphatic hydroxyl groups excluding tert-OH is 1. The van der Waals surface area contributed by atoms with Crippen LogP contribution in [0.3, 0.4) is 0 Å². The quantitative estimate of drug-likeness (QED) is 0.554. The molecule has 2 aliphatic rings. The van der Waals surface area contributed by atoms with Crippen molar-refractivity contribution in [3.05, 3.63) is 63.8 Å². The van der Waals surface area contributed by atoms with Gasteiger partial charge in [0.25, 0.3) is 5.91 Å². The van der Waals surface area contributed by atoms with E-state index in [9.17, 15) is 9.90 Å². The Bertz CT molecular complexity index is 1100. The van der Waals surface area contributed by atoms with E-state index in [1.54, 1.807) is 0 Å². The summed E-state index contributed by atoms with van der Waals surface area (Å²) in [5.41, 5.74) is 8.37. The second-order valence-corrected chi connectivity index (χ2v) is 8.10. The summed E-state index contributed by atoms with van der Waals surface area (Å²) in [4.78, 5) is 18.9. The molecule has 4 N–H and O–H groups in total. The monoisotopic (exact) mass is 390 g/mol. The van der Waals surface area contributed by atoms with Crippen LogP contribution in [0.15, 0.2) is 30.3 Å². The van der Waals surface area contributed by atoms with E-state index < -0.39 is 0 Å². The number of aliphatic hydroxyl groups is 1. The standard InChI is InChI=1S/C23H26N4O2/c1-27-9-7-22-19(12-27)17-10-14(2-4-21(17)25-22)23(29)26-20-5-3-15(13-28)18-11-24-8-6-16(18)20/h2-5,10,24-25,28H,6-9,11-13H2,1H3,(H,26,29). The number of carbonyl (C=O) groups is 1. The van der Waals surface area contributed by atoms with Crippen LogP contribution in [-0.2, 0) is 32.5 Å². The predicted molar refractivity (Wildman–Crippen MR) is 114 cm³/mol. The molecule has 6 nitrogen and oxygen atoms in total. The highest BCUT2D eigenvalue weighted by Crippen LogP contribution is 2.30. The lowest BCUT2D eigenvalue weighted by molar-refractivity contribution is 0.102. The molecule has 0 unspecified atom stereocenters. The number of H-pyrrole nitrogens is 1. The maximum Gasteiger partial charge on any atom is 0.255 e. The molecule has 3 aromatic rings. The molecule has 0 radical (unpaired) electrons. The van der Waals surface area contributed by atoms with Crippen LogP contribution in [0.1, 0.15) is 38.3 Å². The topological polar surface area (TPSA) is 80.4 Å². The summed E-state index contributed by atoms with van der Waals surface area (Å²) in [5, 5.41) is 17.2. The number of hydrogen-bond acceptors (Lipinski definition) is 4. The second-order valence-electron chi connectivity index (χ2n) is 8.10. The van der Waals surface area contributed by atoms with Gasteiger partial charge in [-0.15, -0.1) is 0 Å². The molecule has 1 amide bonds. The molecule has 150 valence electrons. The number of amides is 1. The van der Waals surface area contributed by atoms with Crippen LogP contribution >= 0.6 is 0 Å². The first-order valence-corrected chi connectivity index (χ1v) is 10.2. The van der Waals surface area contributed by atoms with Crippen molar-refractivity contribution in [2.24, 2.45) is 0 Å². The van der Waals surface area contributed by atoms with Crippen molar-refractivity contribution < 1.29 is 9.90 Å². The van der Waals surface area contributed by atoms with Crippen molar-refractivity contribution in [2.45, 2.75) is 32.5 Å². The average molecular weight is 390 g/mol. The lowest BCUT2D eigenvalue weighted by Crippen LogP contribution is -2.26. The van der Waals surface area contributed by atoms with Crippen molar-refractivity contribution in [1.29, 1.82) is 0 Å². The maximum absolute atomic E-state index is 13.1. The number of nitrogens with zero attached hydrogens (tertiary/aromatic N) is 1. The summed E-state index contributed by atoms with van der Waals surface area (Å²) >= 11 is 0. The molecule has 1 aromatic heterocycles. The average Bonchev–Trinajstić information content (AvgIpc) is 3.11. The summed E-state index contributed by atoms with van der Waals surface area (Å²) in [7, 11) is 2.13. The number of hydrogen-bond donors (Lipinski definition) is 4. The van der Waals surface area contributed by atoms with Gasteiger partial charge in [0.2, 0.25) is 0 Å². The first kappa shape index (κ1) is 18.4. The molecule has 6 heteroatoms. The molecule has 0 spiro atoms. The highest BCUT2D eigenvalue weighted by atomic mass is 16.3. The fourth-order valence-electron chi connectivity index (χ4n) is 4.62. The fourth-order valence-corrected chi connectivity index (χ4v) is 4.62. The Morgan fingerprint density at radius 2 is 2.07 bits per heavy atom. The molecule has 2 aliphatic heterocycles. The normalized spacial score (nSPS) is 16.5. The van der Waals surface area contributed by atoms with Crippen molar-refractivity contribution >= 4 is 22.5 Å². The smallest absolute Gasteiger partial charge is 0.255 e. The molecule has 0 saturated heterocycles. The number of carbonyl (C=O) groups excluding carboxylic acids is 1. The second kappa shape index (κ2) is 7.30. The molecule has 29 heavy (non-hydrogen) atoms. The van der Waals surface area contributed by atoms with Gasteiger partial charge in [0, 0.05) is 53.9 Å². The van der Waals surface area contributed by atoms with E-state index in [2.05, 4.69) is 27.6 Å². The van der Waals surface area contributed by atoms with Gasteiger partial charge in [0.15, 0.2) is 0 Å². The minimum Gasteiger partial charge on any atom is -0.392 e. The zero-order chi connectivity index (χ0) is 20.0. The number of nitrogens with one attached hydrogen (secondary N) is 3. The van der Waals surface area contributed by atoms with E-state index in [-0.39, 0.29) is 12.5 Å². The number of likely N-dealkylation sites (N-methyl/N-ethyl adjacent to an activating group) is 1. The van der Waals surface area contributed by atoms with E-state index in [0.717, 1.165) is 72.3 Å². The Kier molecular flexibility index (Phi) is 4.62. The van der Waals surface area contributed by atoms with Crippen molar-refractivity contribution in [3.8, 4) is 0 Å². The summed E-state index contributed by atoms with van der Waals surface area (Å²) in [5.74, 6) is -0.0940. The van der Waals surface area contributed by atoms with Gasteiger partial charge in [0.1, 0.15) is 0 Å².